The highest BCUT2D eigenvalue weighted by Gasteiger charge is 2.35. The van der Waals surface area contributed by atoms with Crippen LogP contribution in [0, 0.1) is 10.1 Å². The molecule has 8 heteroatoms. The molecule has 0 aromatic heterocycles. The van der Waals surface area contributed by atoms with Gasteiger partial charge in [-0.1, -0.05) is 0 Å². The number of hydrogen-bond acceptors (Lipinski definition) is 4. The Morgan fingerprint density at radius 1 is 1.43 bits per heavy atom. The molecule has 1 atom stereocenters. The van der Waals surface area contributed by atoms with Crippen LogP contribution in [-0.2, 0) is 10.9 Å². The van der Waals surface area contributed by atoms with Crippen molar-refractivity contribution >= 4 is 11.4 Å². The minimum Gasteiger partial charge on any atom is -0.384 e. The Morgan fingerprint density at radius 3 is 2.76 bits per heavy atom. The Balaban J connectivity index is 2.08. The van der Waals surface area contributed by atoms with Gasteiger partial charge in [0.15, 0.2) is 0 Å². The van der Waals surface area contributed by atoms with Crippen LogP contribution in [0.3, 0.4) is 0 Å². The van der Waals surface area contributed by atoms with Crippen LogP contribution in [0.4, 0.5) is 24.5 Å². The van der Waals surface area contributed by atoms with E-state index in [4.69, 9.17) is 4.74 Å². The van der Waals surface area contributed by atoms with Gasteiger partial charge in [0.05, 0.1) is 16.6 Å². The smallest absolute Gasteiger partial charge is 0.384 e. The van der Waals surface area contributed by atoms with Gasteiger partial charge in [0.2, 0.25) is 0 Å². The lowest BCUT2D eigenvalue weighted by Crippen LogP contribution is -2.16. The SMILES string of the molecule is O=[N+]([O-])c1ccc(NCCC2CCCO2)c(C(F)(F)F)c1. The summed E-state index contributed by atoms with van der Waals surface area (Å²) in [5.74, 6) is 0. The molecule has 1 saturated heterocycles. The number of alkyl halides is 3. The predicted octanol–water partition coefficient (Wildman–Crippen LogP) is 3.59. The fraction of sp³-hybridized carbons (Fsp3) is 0.538. The highest BCUT2D eigenvalue weighted by Crippen LogP contribution is 2.37. The Labute approximate surface area is 119 Å². The molecule has 116 valence electrons. The van der Waals surface area contributed by atoms with Crippen molar-refractivity contribution in [2.24, 2.45) is 0 Å². The van der Waals surface area contributed by atoms with E-state index in [0.717, 1.165) is 25.0 Å². The van der Waals surface area contributed by atoms with Gasteiger partial charge in [0.1, 0.15) is 0 Å². The molecule has 1 heterocycles. The van der Waals surface area contributed by atoms with E-state index in [2.05, 4.69) is 5.32 Å². The summed E-state index contributed by atoms with van der Waals surface area (Å²) in [5, 5.41) is 13.3. The zero-order valence-electron chi connectivity index (χ0n) is 11.2. The summed E-state index contributed by atoms with van der Waals surface area (Å²) in [6.07, 6.45) is -2.08. The Kier molecular flexibility index (Phi) is 4.66. The predicted molar refractivity (Wildman–Crippen MR) is 70.2 cm³/mol. The van der Waals surface area contributed by atoms with Gasteiger partial charge in [0, 0.05) is 31.0 Å². The lowest BCUT2D eigenvalue weighted by Gasteiger charge is -2.15. The first-order chi connectivity index (χ1) is 9.88. The van der Waals surface area contributed by atoms with Gasteiger partial charge in [0.25, 0.3) is 5.69 Å². The number of hydrogen-bond donors (Lipinski definition) is 1. The van der Waals surface area contributed by atoms with Crippen LogP contribution in [-0.4, -0.2) is 24.2 Å². The molecule has 0 bridgehead atoms. The monoisotopic (exact) mass is 304 g/mol. The van der Waals surface area contributed by atoms with Crippen LogP contribution in [0.25, 0.3) is 0 Å². The lowest BCUT2D eigenvalue weighted by molar-refractivity contribution is -0.385. The van der Waals surface area contributed by atoms with Crippen molar-refractivity contribution in [1.82, 2.24) is 0 Å². The summed E-state index contributed by atoms with van der Waals surface area (Å²) in [6, 6.07) is 2.70. The molecule has 21 heavy (non-hydrogen) atoms. The summed E-state index contributed by atoms with van der Waals surface area (Å²) >= 11 is 0. The maximum Gasteiger partial charge on any atom is 0.418 e. The molecule has 5 nitrogen and oxygen atoms in total. The minimum absolute atomic E-state index is 0.0740. The van der Waals surface area contributed by atoms with Gasteiger partial charge in [-0.2, -0.15) is 13.2 Å². The molecule has 1 unspecified atom stereocenters. The largest absolute Gasteiger partial charge is 0.418 e. The minimum atomic E-state index is -4.64. The fourth-order valence-electron chi connectivity index (χ4n) is 2.27. The molecule has 1 N–H and O–H groups in total. The summed E-state index contributed by atoms with van der Waals surface area (Å²) in [7, 11) is 0. The van der Waals surface area contributed by atoms with E-state index in [1.54, 1.807) is 0 Å². The van der Waals surface area contributed by atoms with Crippen LogP contribution in [0.15, 0.2) is 18.2 Å². The molecule has 0 saturated carbocycles. The number of ether oxygens (including phenoxy) is 1. The molecular weight excluding hydrogens is 289 g/mol. The fourth-order valence-corrected chi connectivity index (χ4v) is 2.27. The zero-order valence-corrected chi connectivity index (χ0v) is 11.2. The molecule has 0 radical (unpaired) electrons. The molecule has 2 rings (SSSR count). The van der Waals surface area contributed by atoms with E-state index in [1.165, 1.54) is 0 Å². The number of rotatable bonds is 5. The molecule has 0 spiro atoms. The third-order valence-corrected chi connectivity index (χ3v) is 3.33. The zero-order chi connectivity index (χ0) is 15.5. The highest BCUT2D eigenvalue weighted by atomic mass is 19.4. The quantitative estimate of drug-likeness (QED) is 0.667. The number of nitrogens with one attached hydrogen (secondary N) is 1. The number of nitro groups is 1. The molecule has 0 aliphatic carbocycles. The number of nitro benzene ring substituents is 1. The van der Waals surface area contributed by atoms with Crippen LogP contribution < -0.4 is 5.32 Å². The van der Waals surface area contributed by atoms with Gasteiger partial charge >= 0.3 is 6.18 Å². The second-order valence-corrected chi connectivity index (χ2v) is 4.84. The van der Waals surface area contributed by atoms with Crippen molar-refractivity contribution in [1.29, 1.82) is 0 Å². The molecule has 1 aliphatic heterocycles. The highest BCUT2D eigenvalue weighted by molar-refractivity contribution is 5.57. The molecule has 1 aromatic carbocycles. The lowest BCUT2D eigenvalue weighted by atomic mass is 10.1. The number of benzene rings is 1. The Morgan fingerprint density at radius 2 is 2.19 bits per heavy atom. The standard InChI is InChI=1S/C13H15F3N2O3/c14-13(15,16)11-8-9(18(19)20)3-4-12(11)17-6-5-10-2-1-7-21-10/h3-4,8,10,17H,1-2,5-7H2. The van der Waals surface area contributed by atoms with Crippen LogP contribution >= 0.6 is 0 Å². The first-order valence-corrected chi connectivity index (χ1v) is 6.59. The molecule has 1 fully saturated rings. The average molecular weight is 304 g/mol. The van der Waals surface area contributed by atoms with Crippen LogP contribution in [0.5, 0.6) is 0 Å². The third kappa shape index (κ3) is 4.07. The van der Waals surface area contributed by atoms with Crippen LogP contribution in [0.2, 0.25) is 0 Å². The number of non-ortho nitro benzene ring substituents is 1. The average Bonchev–Trinajstić information content (AvgIpc) is 2.90. The van der Waals surface area contributed by atoms with Crippen molar-refractivity contribution in [3.63, 3.8) is 0 Å². The van der Waals surface area contributed by atoms with Gasteiger partial charge < -0.3 is 10.1 Å². The Hall–Kier alpha value is -1.83. The second-order valence-electron chi connectivity index (χ2n) is 4.84. The molecule has 1 aliphatic rings. The summed E-state index contributed by atoms with van der Waals surface area (Å²) in [5.41, 5.74) is -1.75. The Bertz CT molecular complexity index is 514. The maximum absolute atomic E-state index is 12.9. The normalized spacial score (nSPS) is 18.7. The van der Waals surface area contributed by atoms with E-state index >= 15 is 0 Å². The topological polar surface area (TPSA) is 64.4 Å². The van der Waals surface area contributed by atoms with Crippen LogP contribution in [0.1, 0.15) is 24.8 Å². The van der Waals surface area contributed by atoms with Gasteiger partial charge in [-0.15, -0.1) is 0 Å². The van der Waals surface area contributed by atoms with E-state index in [9.17, 15) is 23.3 Å². The number of anilines is 1. The number of nitrogens with zero attached hydrogens (tertiary/aromatic N) is 1. The van der Waals surface area contributed by atoms with E-state index in [0.29, 0.717) is 25.6 Å². The number of halogens is 3. The van der Waals surface area contributed by atoms with Crippen molar-refractivity contribution in [2.45, 2.75) is 31.5 Å². The summed E-state index contributed by atoms with van der Waals surface area (Å²) in [6.45, 7) is 1.02. The molecular formula is C13H15F3N2O3. The van der Waals surface area contributed by atoms with Gasteiger partial charge in [-0.05, 0) is 25.3 Å². The van der Waals surface area contributed by atoms with E-state index in [-0.39, 0.29) is 11.8 Å². The van der Waals surface area contributed by atoms with Crippen molar-refractivity contribution in [3.05, 3.63) is 33.9 Å². The summed E-state index contributed by atoms with van der Waals surface area (Å²) in [4.78, 5) is 9.74. The first kappa shape index (κ1) is 15.6. The molecule has 1 aromatic rings. The van der Waals surface area contributed by atoms with Crippen molar-refractivity contribution < 1.29 is 22.8 Å². The van der Waals surface area contributed by atoms with Crippen molar-refractivity contribution in [3.8, 4) is 0 Å². The van der Waals surface area contributed by atoms with E-state index in [1.807, 2.05) is 0 Å². The molecule has 0 amide bonds. The van der Waals surface area contributed by atoms with Crippen molar-refractivity contribution in [2.75, 3.05) is 18.5 Å². The van der Waals surface area contributed by atoms with E-state index < -0.39 is 22.4 Å². The summed E-state index contributed by atoms with van der Waals surface area (Å²) < 4.78 is 44.2. The maximum atomic E-state index is 12.9. The van der Waals surface area contributed by atoms with Gasteiger partial charge in [-0.25, -0.2) is 0 Å². The first-order valence-electron chi connectivity index (χ1n) is 6.59. The third-order valence-electron chi connectivity index (χ3n) is 3.33. The van der Waals surface area contributed by atoms with Gasteiger partial charge in [-0.3, -0.25) is 10.1 Å². The second kappa shape index (κ2) is 6.30.